The Kier molecular flexibility index (Phi) is 3.74. The van der Waals surface area contributed by atoms with Crippen LogP contribution in [0.2, 0.25) is 0 Å². The van der Waals surface area contributed by atoms with Gasteiger partial charge in [0.25, 0.3) is 0 Å². The van der Waals surface area contributed by atoms with Gasteiger partial charge < -0.3 is 5.32 Å². The Bertz CT molecular complexity index is 281. The van der Waals surface area contributed by atoms with Crippen LogP contribution in [0.15, 0.2) is 18.2 Å². The average Bonchev–Trinajstić information content (AvgIpc) is 2.16. The van der Waals surface area contributed by atoms with Gasteiger partial charge in [0.15, 0.2) is 0 Å². The molecule has 0 heterocycles. The minimum atomic E-state index is 0.0373. The topological polar surface area (TPSA) is 12.0 Å². The first-order chi connectivity index (χ1) is 6.19. The van der Waals surface area contributed by atoms with E-state index in [1.54, 1.807) is 0 Å². The molecule has 0 aliphatic heterocycles. The normalized spacial score (nSPS) is 10.5. The van der Waals surface area contributed by atoms with Gasteiger partial charge in [-0.2, -0.15) is 0 Å². The zero-order valence-corrected chi connectivity index (χ0v) is 9.78. The van der Waals surface area contributed by atoms with E-state index in [9.17, 15) is 0 Å². The predicted octanol–water partition coefficient (Wildman–Crippen LogP) is 2.66. The summed E-state index contributed by atoms with van der Waals surface area (Å²) < 4.78 is 0. The van der Waals surface area contributed by atoms with Crippen LogP contribution < -0.4 is 10.6 Å². The van der Waals surface area contributed by atoms with Crippen LogP contribution in [0.5, 0.6) is 0 Å². The standard InChI is InChI=1S/C11H18NP/c1-5-9-8-10(13(3)4)6-7-11(9)12-2/h6-8,12H,5H2,1-4H3. The van der Waals surface area contributed by atoms with Crippen molar-refractivity contribution in [1.29, 1.82) is 0 Å². The zero-order valence-electron chi connectivity index (χ0n) is 8.89. The van der Waals surface area contributed by atoms with E-state index >= 15 is 0 Å². The first-order valence-electron chi connectivity index (χ1n) is 4.67. The Balaban J connectivity index is 3.05. The second-order valence-corrected chi connectivity index (χ2v) is 5.64. The van der Waals surface area contributed by atoms with Gasteiger partial charge in [-0.15, -0.1) is 0 Å². The Morgan fingerprint density at radius 1 is 1.31 bits per heavy atom. The van der Waals surface area contributed by atoms with E-state index in [0.717, 1.165) is 6.42 Å². The lowest BCUT2D eigenvalue weighted by Gasteiger charge is -2.12. The van der Waals surface area contributed by atoms with E-state index in [0.29, 0.717) is 0 Å². The molecule has 0 spiro atoms. The number of nitrogens with one attached hydrogen (secondary N) is 1. The summed E-state index contributed by atoms with van der Waals surface area (Å²) in [5, 5.41) is 4.71. The summed E-state index contributed by atoms with van der Waals surface area (Å²) >= 11 is 0. The quantitative estimate of drug-likeness (QED) is 0.731. The Hall–Kier alpha value is -0.550. The summed E-state index contributed by atoms with van der Waals surface area (Å²) in [6, 6.07) is 6.75. The van der Waals surface area contributed by atoms with Gasteiger partial charge in [-0.3, -0.25) is 0 Å². The Labute approximate surface area is 82.3 Å². The van der Waals surface area contributed by atoms with Crippen LogP contribution in [-0.4, -0.2) is 20.4 Å². The van der Waals surface area contributed by atoms with Crippen LogP contribution in [0.25, 0.3) is 0 Å². The Morgan fingerprint density at radius 2 is 2.00 bits per heavy atom. The molecule has 0 amide bonds. The van der Waals surface area contributed by atoms with Crippen molar-refractivity contribution in [1.82, 2.24) is 0 Å². The van der Waals surface area contributed by atoms with Gasteiger partial charge in [-0.05, 0) is 42.8 Å². The van der Waals surface area contributed by atoms with E-state index in [1.807, 2.05) is 7.05 Å². The fourth-order valence-corrected chi connectivity index (χ4v) is 2.18. The fourth-order valence-electron chi connectivity index (χ4n) is 1.39. The maximum atomic E-state index is 3.22. The Morgan fingerprint density at radius 3 is 2.46 bits per heavy atom. The highest BCUT2D eigenvalue weighted by atomic mass is 31.1. The molecule has 1 nitrogen and oxygen atoms in total. The van der Waals surface area contributed by atoms with Gasteiger partial charge in [0, 0.05) is 12.7 Å². The molecule has 1 aromatic carbocycles. The van der Waals surface area contributed by atoms with Crippen molar-refractivity contribution in [2.75, 3.05) is 25.7 Å². The molecule has 0 atom stereocenters. The number of anilines is 1. The third kappa shape index (κ3) is 2.45. The molecule has 0 aliphatic rings. The van der Waals surface area contributed by atoms with Crippen molar-refractivity contribution in [2.45, 2.75) is 13.3 Å². The molecule has 0 unspecified atom stereocenters. The van der Waals surface area contributed by atoms with Gasteiger partial charge in [-0.1, -0.05) is 20.9 Å². The molecule has 13 heavy (non-hydrogen) atoms. The van der Waals surface area contributed by atoms with Crippen molar-refractivity contribution in [3.8, 4) is 0 Å². The first-order valence-corrected chi connectivity index (χ1v) is 6.90. The summed E-state index contributed by atoms with van der Waals surface area (Å²) in [6.45, 7) is 6.79. The second kappa shape index (κ2) is 4.62. The van der Waals surface area contributed by atoms with Crippen LogP contribution in [0.3, 0.4) is 0 Å². The fraction of sp³-hybridized carbons (Fsp3) is 0.455. The van der Waals surface area contributed by atoms with Crippen LogP contribution in [-0.2, 0) is 6.42 Å². The van der Waals surface area contributed by atoms with Crippen molar-refractivity contribution >= 4 is 18.9 Å². The van der Waals surface area contributed by atoms with Crippen LogP contribution >= 0.6 is 7.92 Å². The number of hydrogen-bond donors (Lipinski definition) is 1. The minimum absolute atomic E-state index is 0.0373. The third-order valence-corrected chi connectivity index (χ3v) is 3.57. The highest BCUT2D eigenvalue weighted by Gasteiger charge is 2.02. The monoisotopic (exact) mass is 195 g/mol. The molecule has 2 heteroatoms. The molecule has 1 aromatic rings. The highest BCUT2D eigenvalue weighted by molar-refractivity contribution is 7.64. The predicted molar refractivity (Wildman–Crippen MR) is 63.8 cm³/mol. The van der Waals surface area contributed by atoms with Gasteiger partial charge in [0.2, 0.25) is 0 Å². The van der Waals surface area contributed by atoms with Crippen molar-refractivity contribution < 1.29 is 0 Å². The maximum absolute atomic E-state index is 3.22. The smallest absolute Gasteiger partial charge is 0.0370 e. The molecule has 0 saturated carbocycles. The van der Waals surface area contributed by atoms with E-state index < -0.39 is 0 Å². The van der Waals surface area contributed by atoms with Gasteiger partial charge in [-0.25, -0.2) is 0 Å². The number of rotatable bonds is 3. The van der Waals surface area contributed by atoms with Crippen molar-refractivity contribution in [3.63, 3.8) is 0 Å². The molecule has 0 aliphatic carbocycles. The molecule has 1 N–H and O–H groups in total. The van der Waals surface area contributed by atoms with Crippen molar-refractivity contribution in [2.24, 2.45) is 0 Å². The van der Waals surface area contributed by atoms with Gasteiger partial charge in [0.1, 0.15) is 0 Å². The van der Waals surface area contributed by atoms with Crippen LogP contribution in [0.4, 0.5) is 5.69 Å². The summed E-state index contributed by atoms with van der Waals surface area (Å²) in [4.78, 5) is 0. The van der Waals surface area contributed by atoms with E-state index in [2.05, 4.69) is 43.8 Å². The lowest BCUT2D eigenvalue weighted by Crippen LogP contribution is -2.03. The maximum Gasteiger partial charge on any atom is 0.0370 e. The average molecular weight is 195 g/mol. The van der Waals surface area contributed by atoms with E-state index in [-0.39, 0.29) is 7.92 Å². The summed E-state index contributed by atoms with van der Waals surface area (Å²) in [5.41, 5.74) is 2.69. The molecule has 1 rings (SSSR count). The molecule has 72 valence electrons. The molecule has 0 bridgehead atoms. The molecule has 0 fully saturated rings. The molecule has 0 aromatic heterocycles. The van der Waals surface area contributed by atoms with Crippen molar-refractivity contribution in [3.05, 3.63) is 23.8 Å². The zero-order chi connectivity index (χ0) is 9.84. The lowest BCUT2D eigenvalue weighted by molar-refractivity contribution is 1.14. The summed E-state index contributed by atoms with van der Waals surface area (Å²) in [7, 11) is 2.02. The van der Waals surface area contributed by atoms with Gasteiger partial charge >= 0.3 is 0 Å². The number of aryl methyl sites for hydroxylation is 1. The summed E-state index contributed by atoms with van der Waals surface area (Å²) in [5.74, 6) is 0. The molecule has 0 radical (unpaired) electrons. The summed E-state index contributed by atoms with van der Waals surface area (Å²) in [6.07, 6.45) is 1.10. The number of benzene rings is 1. The minimum Gasteiger partial charge on any atom is -0.388 e. The second-order valence-electron chi connectivity index (χ2n) is 3.34. The van der Waals surface area contributed by atoms with Crippen LogP contribution in [0, 0.1) is 0 Å². The third-order valence-electron chi connectivity index (χ3n) is 2.26. The molecule has 0 saturated heterocycles. The number of hydrogen-bond acceptors (Lipinski definition) is 1. The molecular formula is C11H18NP. The largest absolute Gasteiger partial charge is 0.388 e. The first kappa shape index (κ1) is 10.5. The lowest BCUT2D eigenvalue weighted by atomic mass is 10.1. The van der Waals surface area contributed by atoms with E-state index in [4.69, 9.17) is 0 Å². The van der Waals surface area contributed by atoms with Crippen LogP contribution in [0.1, 0.15) is 12.5 Å². The highest BCUT2D eigenvalue weighted by Crippen LogP contribution is 2.26. The van der Waals surface area contributed by atoms with Gasteiger partial charge in [0.05, 0.1) is 0 Å². The van der Waals surface area contributed by atoms with E-state index in [1.165, 1.54) is 16.6 Å². The SMILES string of the molecule is CCc1cc(P(C)C)ccc1NC. The molecular weight excluding hydrogens is 177 g/mol.